The van der Waals surface area contributed by atoms with Crippen molar-refractivity contribution in [2.75, 3.05) is 38.7 Å². The minimum absolute atomic E-state index is 0.0288. The first-order valence-corrected chi connectivity index (χ1v) is 11.4. The summed E-state index contributed by atoms with van der Waals surface area (Å²) < 4.78 is 10.5. The third kappa shape index (κ3) is 3.24. The number of rotatable bonds is 4. The number of aliphatic hydroxyl groups is 1. The number of H-pyrrole nitrogens is 1. The van der Waals surface area contributed by atoms with Crippen LogP contribution in [0.5, 0.6) is 5.75 Å². The van der Waals surface area contributed by atoms with Gasteiger partial charge in [-0.1, -0.05) is 12.1 Å². The van der Waals surface area contributed by atoms with Crippen molar-refractivity contribution in [3.63, 3.8) is 0 Å². The van der Waals surface area contributed by atoms with Crippen molar-refractivity contribution >= 4 is 28.5 Å². The molecule has 1 saturated heterocycles. The average Bonchev–Trinajstić information content (AvgIpc) is 3.35. The highest BCUT2D eigenvalue weighted by molar-refractivity contribution is 5.93. The zero-order valence-corrected chi connectivity index (χ0v) is 19.8. The summed E-state index contributed by atoms with van der Waals surface area (Å²) in [7, 11) is 1.62. The maximum absolute atomic E-state index is 13.0. The molecule has 10 nitrogen and oxygen atoms in total. The monoisotopic (exact) mass is 467 g/mol. The summed E-state index contributed by atoms with van der Waals surface area (Å²) in [4.78, 5) is 32.8. The molecule has 4 heterocycles. The number of amides is 3. The minimum atomic E-state index is -0.461. The highest BCUT2D eigenvalue weighted by Gasteiger charge is 2.55. The molecule has 0 bridgehead atoms. The van der Waals surface area contributed by atoms with E-state index in [-0.39, 0.29) is 18.5 Å². The second kappa shape index (κ2) is 8.05. The quantitative estimate of drug-likeness (QED) is 0.542. The highest BCUT2D eigenvalue weighted by Crippen LogP contribution is 2.48. The Kier molecular flexibility index (Phi) is 5.27. The second-order valence-corrected chi connectivity index (χ2v) is 9.16. The van der Waals surface area contributed by atoms with Crippen LogP contribution in [-0.2, 0) is 10.2 Å². The molecule has 5 rings (SSSR count). The molecule has 10 heteroatoms. The Bertz CT molecular complexity index is 1250. The van der Waals surface area contributed by atoms with Crippen LogP contribution in [0.25, 0.3) is 10.9 Å². The Hall–Kier alpha value is -3.53. The molecule has 2 aliphatic heterocycles. The number of aromatic amines is 1. The number of hydrogen-bond acceptors (Lipinski definition) is 6. The van der Waals surface area contributed by atoms with Crippen LogP contribution in [0, 0.1) is 13.8 Å². The third-order valence-corrected chi connectivity index (χ3v) is 7.08. The number of aliphatic hydroxyl groups excluding tert-OH is 1. The third-order valence-electron chi connectivity index (χ3n) is 7.08. The molecule has 1 spiro atoms. The molecule has 1 fully saturated rings. The van der Waals surface area contributed by atoms with Gasteiger partial charge in [0.05, 0.1) is 25.2 Å². The van der Waals surface area contributed by atoms with Crippen LogP contribution in [0.1, 0.15) is 42.1 Å². The smallest absolute Gasteiger partial charge is 0.322 e. The number of methoxy groups -OCH3 is 1. The van der Waals surface area contributed by atoms with Crippen LogP contribution in [-0.4, -0.2) is 70.3 Å². The maximum atomic E-state index is 13.0. The maximum Gasteiger partial charge on any atom is 0.322 e. The van der Waals surface area contributed by atoms with Gasteiger partial charge in [-0.2, -0.15) is 0 Å². The van der Waals surface area contributed by atoms with Crippen LogP contribution < -0.4 is 10.1 Å². The molecule has 2 aliphatic rings. The van der Waals surface area contributed by atoms with Gasteiger partial charge >= 0.3 is 6.03 Å². The Morgan fingerprint density at radius 1 is 1.32 bits per heavy atom. The van der Waals surface area contributed by atoms with Crippen molar-refractivity contribution in [1.82, 2.24) is 19.9 Å². The first kappa shape index (κ1) is 22.3. The van der Waals surface area contributed by atoms with Gasteiger partial charge < -0.3 is 34.5 Å². The van der Waals surface area contributed by atoms with E-state index in [0.717, 1.165) is 27.9 Å². The molecule has 1 atom stereocenters. The topological polar surface area (TPSA) is 124 Å². The highest BCUT2D eigenvalue weighted by atomic mass is 16.5. The minimum Gasteiger partial charge on any atom is -0.497 e. The van der Waals surface area contributed by atoms with Crippen LogP contribution >= 0.6 is 0 Å². The molecule has 2 aromatic heterocycles. The summed E-state index contributed by atoms with van der Waals surface area (Å²) in [6, 6.07) is 5.13. The first-order chi connectivity index (χ1) is 16.3. The zero-order chi connectivity index (χ0) is 24.2. The van der Waals surface area contributed by atoms with Gasteiger partial charge in [0.25, 0.3) is 0 Å². The lowest BCUT2D eigenvalue weighted by atomic mass is 9.68. The molecule has 3 amide bonds. The lowest BCUT2D eigenvalue weighted by Gasteiger charge is -2.55. The number of benzene rings is 1. The fourth-order valence-corrected chi connectivity index (χ4v) is 5.41. The number of urea groups is 1. The van der Waals surface area contributed by atoms with Gasteiger partial charge in [-0.15, -0.1) is 0 Å². The largest absolute Gasteiger partial charge is 0.497 e. The van der Waals surface area contributed by atoms with Crippen molar-refractivity contribution in [2.45, 2.75) is 38.6 Å². The summed E-state index contributed by atoms with van der Waals surface area (Å²) >= 11 is 0. The number of fused-ring (bicyclic) bond motifs is 4. The number of likely N-dealkylation sites (tertiary alicyclic amines) is 1. The van der Waals surface area contributed by atoms with Gasteiger partial charge in [-0.3, -0.25) is 4.79 Å². The number of nitrogens with one attached hydrogen (secondary N) is 2. The lowest BCUT2D eigenvalue weighted by molar-refractivity contribution is -0.138. The molecule has 34 heavy (non-hydrogen) atoms. The Labute approximate surface area is 196 Å². The Morgan fingerprint density at radius 3 is 2.71 bits per heavy atom. The molecule has 0 saturated carbocycles. The number of anilines is 1. The van der Waals surface area contributed by atoms with Crippen LogP contribution in [0.3, 0.4) is 0 Å². The molecule has 0 unspecified atom stereocenters. The average molecular weight is 468 g/mol. The van der Waals surface area contributed by atoms with Crippen molar-refractivity contribution in [3.05, 3.63) is 40.9 Å². The van der Waals surface area contributed by atoms with E-state index in [1.165, 1.54) is 0 Å². The molecule has 3 N–H and O–H groups in total. The molecule has 180 valence electrons. The van der Waals surface area contributed by atoms with Gasteiger partial charge in [0, 0.05) is 48.7 Å². The normalized spacial score (nSPS) is 18.7. The summed E-state index contributed by atoms with van der Waals surface area (Å²) in [5.74, 6) is 1.24. The van der Waals surface area contributed by atoms with Gasteiger partial charge in [-0.05, 0) is 31.5 Å². The number of aryl methyl sites for hydroxylation is 2. The molecule has 0 radical (unpaired) electrons. The van der Waals surface area contributed by atoms with E-state index >= 15 is 0 Å². The van der Waals surface area contributed by atoms with Crippen LogP contribution in [0.4, 0.5) is 10.5 Å². The van der Waals surface area contributed by atoms with E-state index in [4.69, 9.17) is 9.26 Å². The lowest BCUT2D eigenvalue weighted by Crippen LogP contribution is -2.68. The van der Waals surface area contributed by atoms with Crippen molar-refractivity contribution < 1.29 is 24.0 Å². The summed E-state index contributed by atoms with van der Waals surface area (Å²) in [5.41, 5.74) is 3.53. The van der Waals surface area contributed by atoms with Crippen molar-refractivity contribution in [1.29, 1.82) is 0 Å². The number of nitrogens with zero attached hydrogens (tertiary/aromatic N) is 3. The molecular weight excluding hydrogens is 438 g/mol. The van der Waals surface area contributed by atoms with E-state index < -0.39 is 11.5 Å². The van der Waals surface area contributed by atoms with E-state index in [1.54, 1.807) is 30.8 Å². The summed E-state index contributed by atoms with van der Waals surface area (Å²) in [5, 5.41) is 18.1. The van der Waals surface area contributed by atoms with Gasteiger partial charge in [0.2, 0.25) is 5.91 Å². The number of aromatic nitrogens is 2. The predicted octanol–water partition coefficient (Wildman–Crippen LogP) is 2.85. The predicted molar refractivity (Wildman–Crippen MR) is 125 cm³/mol. The first-order valence-electron chi connectivity index (χ1n) is 11.4. The molecule has 3 aromatic rings. The zero-order valence-electron chi connectivity index (χ0n) is 19.8. The van der Waals surface area contributed by atoms with Crippen LogP contribution in [0.2, 0.25) is 0 Å². The van der Waals surface area contributed by atoms with E-state index in [0.29, 0.717) is 43.2 Å². The van der Waals surface area contributed by atoms with Crippen molar-refractivity contribution in [2.24, 2.45) is 0 Å². The molecule has 1 aromatic carbocycles. The Balaban J connectivity index is 1.52. The van der Waals surface area contributed by atoms with Gasteiger partial charge in [0.15, 0.2) is 5.76 Å². The van der Waals surface area contributed by atoms with E-state index in [9.17, 15) is 14.7 Å². The molecule has 0 aliphatic carbocycles. The second-order valence-electron chi connectivity index (χ2n) is 9.16. The summed E-state index contributed by atoms with van der Waals surface area (Å²) in [6.07, 6.45) is 0.339. The van der Waals surface area contributed by atoms with E-state index in [2.05, 4.69) is 15.5 Å². The van der Waals surface area contributed by atoms with Crippen LogP contribution in [0.15, 0.2) is 22.7 Å². The molecular formula is C24H29N5O5. The van der Waals surface area contributed by atoms with Gasteiger partial charge in [0.1, 0.15) is 17.1 Å². The number of ether oxygens (including phenoxy) is 1. The fraction of sp³-hybridized carbons (Fsp3) is 0.458. The summed E-state index contributed by atoms with van der Waals surface area (Å²) in [6.45, 7) is 6.49. The number of carbonyl (C=O) groups excluding carboxylic acids is 2. The fourth-order valence-electron chi connectivity index (χ4n) is 5.41. The van der Waals surface area contributed by atoms with Crippen molar-refractivity contribution in [3.8, 4) is 5.75 Å². The van der Waals surface area contributed by atoms with Gasteiger partial charge in [-0.25, -0.2) is 4.79 Å². The standard InChI is InChI=1S/C24H29N5O5/c1-5-19(31)29-12-24(10-28(11-24)23(32)26-21-13(2)27-34-14(21)3)20-16-7-6-15(33-4)8-17(16)25-22(20)18(29)9-30/h6-8,18,25,30H,5,9-12H2,1-4H3,(H,26,32)/t18-/m0/s1. The number of carbonyl (C=O) groups is 2. The number of hydrogen-bond donors (Lipinski definition) is 3. The van der Waals surface area contributed by atoms with E-state index in [1.807, 2.05) is 25.1 Å². The Morgan fingerprint density at radius 2 is 2.09 bits per heavy atom. The SMILES string of the molecule is CCC(=O)N1CC2(CN(C(=O)Nc3c(C)noc3C)C2)c2c([nH]c3cc(OC)ccc23)[C@@H]1CO.